The number of Topliss-reactive ketones (excluding diaryl/α,β-unsaturated/α-hetero) is 1. The Bertz CT molecular complexity index is 129. The van der Waals surface area contributed by atoms with Gasteiger partial charge in [0.1, 0.15) is 5.78 Å². The van der Waals surface area contributed by atoms with Crippen molar-refractivity contribution < 1.29 is 14.3 Å². The van der Waals surface area contributed by atoms with Gasteiger partial charge in [0.05, 0.1) is 6.61 Å². The fourth-order valence-corrected chi connectivity index (χ4v) is 0.485. The molecule has 0 aliphatic heterocycles. The van der Waals surface area contributed by atoms with Crippen LogP contribution in [-0.4, -0.2) is 18.4 Å². The van der Waals surface area contributed by atoms with Gasteiger partial charge in [-0.3, -0.25) is 9.59 Å². The smallest absolute Gasteiger partial charge is 0.302 e. The number of carbonyl (C=O) groups excluding carboxylic acids is 2. The number of carbonyl (C=O) groups is 2. The highest BCUT2D eigenvalue weighted by Gasteiger charge is 1.98. The van der Waals surface area contributed by atoms with E-state index < -0.39 is 0 Å². The van der Waals surface area contributed by atoms with Crippen molar-refractivity contribution in [2.24, 2.45) is 0 Å². The summed E-state index contributed by atoms with van der Waals surface area (Å²) < 4.78 is 4.55. The molecule has 0 heterocycles. The molecule has 0 saturated heterocycles. The highest BCUT2D eigenvalue weighted by Crippen LogP contribution is 1.89. The zero-order valence-corrected chi connectivity index (χ0v) is 6.35. The van der Waals surface area contributed by atoms with E-state index >= 15 is 0 Å². The lowest BCUT2D eigenvalue weighted by Gasteiger charge is -1.98. The average Bonchev–Trinajstić information content (AvgIpc) is 1.87. The first-order chi connectivity index (χ1) is 4.66. The summed E-state index contributed by atoms with van der Waals surface area (Å²) in [5, 5.41) is 0. The van der Waals surface area contributed by atoms with Gasteiger partial charge in [-0.05, 0) is 0 Å². The van der Waals surface area contributed by atoms with Gasteiger partial charge >= 0.3 is 5.97 Å². The third-order valence-corrected chi connectivity index (χ3v) is 1.08. The molecule has 0 aromatic carbocycles. The molecule has 0 N–H and O–H groups in total. The van der Waals surface area contributed by atoms with Gasteiger partial charge < -0.3 is 4.74 Å². The van der Waals surface area contributed by atoms with Crippen molar-refractivity contribution >= 4 is 11.8 Å². The van der Waals surface area contributed by atoms with Gasteiger partial charge in [0.2, 0.25) is 0 Å². The van der Waals surface area contributed by atoms with E-state index in [-0.39, 0.29) is 18.4 Å². The molecule has 0 unspecified atom stereocenters. The minimum absolute atomic E-state index is 0.126. The van der Waals surface area contributed by atoms with Crippen LogP contribution >= 0.6 is 0 Å². The average molecular weight is 144 g/mol. The highest BCUT2D eigenvalue weighted by atomic mass is 16.5. The van der Waals surface area contributed by atoms with Crippen LogP contribution in [0.1, 0.15) is 26.7 Å². The number of rotatable bonds is 4. The Balaban J connectivity index is 3.20. The summed E-state index contributed by atoms with van der Waals surface area (Å²) in [6, 6.07) is 0. The van der Waals surface area contributed by atoms with E-state index in [1.807, 2.05) is 0 Å². The van der Waals surface area contributed by atoms with Crippen LogP contribution < -0.4 is 0 Å². The Morgan fingerprint density at radius 1 is 1.40 bits per heavy atom. The van der Waals surface area contributed by atoms with Gasteiger partial charge in [-0.15, -0.1) is 0 Å². The topological polar surface area (TPSA) is 43.4 Å². The van der Waals surface area contributed by atoms with Crippen molar-refractivity contribution in [2.75, 3.05) is 6.61 Å². The lowest BCUT2D eigenvalue weighted by Crippen LogP contribution is -2.05. The second-order valence-electron chi connectivity index (χ2n) is 1.98. The summed E-state index contributed by atoms with van der Waals surface area (Å²) in [5.74, 6) is -0.204. The molecule has 0 aromatic heterocycles. The predicted molar refractivity (Wildman–Crippen MR) is 36.5 cm³/mol. The van der Waals surface area contributed by atoms with E-state index in [4.69, 9.17) is 0 Å². The summed E-state index contributed by atoms with van der Waals surface area (Å²) in [6.07, 6.45) is 0.858. The Morgan fingerprint density at radius 2 is 2.00 bits per heavy atom. The Hall–Kier alpha value is -0.860. The van der Waals surface area contributed by atoms with Crippen LogP contribution in [0.2, 0.25) is 0 Å². The molecule has 0 fully saturated rings. The van der Waals surface area contributed by atoms with E-state index in [0.717, 1.165) is 0 Å². The van der Waals surface area contributed by atoms with Crippen LogP contribution in [0, 0.1) is 0 Å². The van der Waals surface area contributed by atoms with Crippen LogP contribution in [0.4, 0.5) is 0 Å². The maximum Gasteiger partial charge on any atom is 0.302 e. The van der Waals surface area contributed by atoms with Gasteiger partial charge in [-0.1, -0.05) is 6.92 Å². The summed E-state index contributed by atoms with van der Waals surface area (Å²) in [4.78, 5) is 20.8. The second kappa shape index (κ2) is 4.97. The van der Waals surface area contributed by atoms with E-state index in [0.29, 0.717) is 12.8 Å². The molecule has 0 spiro atoms. The zero-order chi connectivity index (χ0) is 7.98. The lowest BCUT2D eigenvalue weighted by atomic mass is 10.2. The normalized spacial score (nSPS) is 9.00. The molecule has 3 heteroatoms. The third kappa shape index (κ3) is 5.28. The van der Waals surface area contributed by atoms with Crippen LogP contribution in [0.15, 0.2) is 0 Å². The van der Waals surface area contributed by atoms with Crippen molar-refractivity contribution in [3.63, 3.8) is 0 Å². The lowest BCUT2D eigenvalue weighted by molar-refractivity contribution is -0.141. The molecule has 0 aliphatic carbocycles. The van der Waals surface area contributed by atoms with Crippen molar-refractivity contribution in [3.8, 4) is 0 Å². The largest absolute Gasteiger partial charge is 0.465 e. The Kier molecular flexibility index (Phi) is 4.54. The first kappa shape index (κ1) is 9.14. The van der Waals surface area contributed by atoms with Gasteiger partial charge in [0.25, 0.3) is 0 Å². The quantitative estimate of drug-likeness (QED) is 0.551. The van der Waals surface area contributed by atoms with E-state index in [9.17, 15) is 9.59 Å². The molecular weight excluding hydrogens is 132 g/mol. The van der Waals surface area contributed by atoms with E-state index in [2.05, 4.69) is 4.74 Å². The first-order valence-corrected chi connectivity index (χ1v) is 3.32. The number of ketones is 1. The van der Waals surface area contributed by atoms with Crippen LogP contribution in [0.25, 0.3) is 0 Å². The van der Waals surface area contributed by atoms with Crippen LogP contribution in [0.3, 0.4) is 0 Å². The number of hydrogen-bond acceptors (Lipinski definition) is 3. The molecule has 58 valence electrons. The van der Waals surface area contributed by atoms with Gasteiger partial charge in [0, 0.05) is 19.8 Å². The Labute approximate surface area is 60.4 Å². The first-order valence-electron chi connectivity index (χ1n) is 3.32. The molecule has 0 aromatic rings. The molecule has 0 atom stereocenters. The fraction of sp³-hybridized carbons (Fsp3) is 0.714. The molecule has 3 nitrogen and oxygen atoms in total. The molecule has 0 bridgehead atoms. The van der Waals surface area contributed by atoms with E-state index in [1.54, 1.807) is 6.92 Å². The van der Waals surface area contributed by atoms with Gasteiger partial charge in [-0.2, -0.15) is 0 Å². The molecule has 0 amide bonds. The number of hydrogen-bond donors (Lipinski definition) is 0. The molecule has 0 radical (unpaired) electrons. The summed E-state index contributed by atoms with van der Waals surface area (Å²) in [7, 11) is 0. The maximum absolute atomic E-state index is 10.6. The molecular formula is C7H12O3. The highest BCUT2D eigenvalue weighted by molar-refractivity contribution is 5.78. The SMILES string of the molecule is CCC(=O)CCOC(C)=O. The predicted octanol–water partition coefficient (Wildman–Crippen LogP) is 0.919. The minimum atomic E-state index is -0.330. The fourth-order valence-electron chi connectivity index (χ4n) is 0.485. The van der Waals surface area contributed by atoms with Crippen molar-refractivity contribution in [2.45, 2.75) is 26.7 Å². The van der Waals surface area contributed by atoms with Crippen LogP contribution in [-0.2, 0) is 14.3 Å². The van der Waals surface area contributed by atoms with Gasteiger partial charge in [0.15, 0.2) is 0 Å². The minimum Gasteiger partial charge on any atom is -0.465 e. The van der Waals surface area contributed by atoms with Gasteiger partial charge in [-0.25, -0.2) is 0 Å². The summed E-state index contributed by atoms with van der Waals surface area (Å²) in [6.45, 7) is 3.34. The molecule has 0 saturated carbocycles. The standard InChI is InChI=1S/C7H12O3/c1-3-7(9)4-5-10-6(2)8/h3-5H2,1-2H3. The Morgan fingerprint density at radius 3 is 2.40 bits per heavy atom. The molecule has 0 rings (SSSR count). The summed E-state index contributed by atoms with van der Waals surface area (Å²) >= 11 is 0. The third-order valence-electron chi connectivity index (χ3n) is 1.08. The molecule has 10 heavy (non-hydrogen) atoms. The van der Waals surface area contributed by atoms with Crippen molar-refractivity contribution in [3.05, 3.63) is 0 Å². The molecule has 0 aliphatic rings. The number of ether oxygens (including phenoxy) is 1. The maximum atomic E-state index is 10.6. The van der Waals surface area contributed by atoms with Crippen molar-refractivity contribution in [1.29, 1.82) is 0 Å². The van der Waals surface area contributed by atoms with Crippen molar-refractivity contribution in [1.82, 2.24) is 0 Å². The second-order valence-corrected chi connectivity index (χ2v) is 1.98. The monoisotopic (exact) mass is 144 g/mol. The number of esters is 1. The zero-order valence-electron chi connectivity index (χ0n) is 6.35. The summed E-state index contributed by atoms with van der Waals surface area (Å²) in [5.41, 5.74) is 0. The van der Waals surface area contributed by atoms with Crippen LogP contribution in [0.5, 0.6) is 0 Å². The van der Waals surface area contributed by atoms with E-state index in [1.165, 1.54) is 6.92 Å².